The van der Waals surface area contributed by atoms with E-state index in [-0.39, 0.29) is 11.9 Å². The lowest BCUT2D eigenvalue weighted by atomic mass is 10.1. The molecule has 3 rings (SSSR count). The first-order valence-electron chi connectivity index (χ1n) is 7.16. The summed E-state index contributed by atoms with van der Waals surface area (Å²) in [6.45, 7) is 1.81. The molecule has 0 spiro atoms. The van der Waals surface area contributed by atoms with Gasteiger partial charge in [0.25, 0.3) is 5.91 Å². The highest BCUT2D eigenvalue weighted by Crippen LogP contribution is 2.17. The second-order valence-electron chi connectivity index (χ2n) is 5.41. The van der Waals surface area contributed by atoms with Crippen LogP contribution in [0.4, 0.5) is 5.95 Å². The van der Waals surface area contributed by atoms with E-state index in [1.807, 2.05) is 24.0 Å². The van der Waals surface area contributed by atoms with Crippen molar-refractivity contribution in [2.45, 2.75) is 18.9 Å². The predicted molar refractivity (Wildman–Crippen MR) is 79.1 cm³/mol. The van der Waals surface area contributed by atoms with Crippen molar-refractivity contribution in [3.63, 3.8) is 0 Å². The van der Waals surface area contributed by atoms with Crippen LogP contribution in [0.1, 0.15) is 23.3 Å². The van der Waals surface area contributed by atoms with Crippen molar-refractivity contribution in [1.29, 1.82) is 0 Å². The number of piperidine rings is 1. The van der Waals surface area contributed by atoms with Gasteiger partial charge in [0.05, 0.1) is 0 Å². The summed E-state index contributed by atoms with van der Waals surface area (Å²) < 4.78 is 3.62. The molecular weight excluding hydrogens is 268 g/mol. The molecule has 0 aliphatic carbocycles. The SMILES string of the molecule is Cn1ccnc1N1CCC(NC(=O)c2ccnn2C)CC1. The highest BCUT2D eigenvalue weighted by Gasteiger charge is 2.23. The van der Waals surface area contributed by atoms with Gasteiger partial charge in [0.2, 0.25) is 5.95 Å². The molecule has 112 valence electrons. The third-order valence-corrected chi connectivity index (χ3v) is 3.96. The third kappa shape index (κ3) is 2.76. The highest BCUT2D eigenvalue weighted by molar-refractivity contribution is 5.92. The molecule has 0 atom stereocenters. The summed E-state index contributed by atoms with van der Waals surface area (Å²) in [4.78, 5) is 18.8. The molecule has 3 heterocycles. The smallest absolute Gasteiger partial charge is 0.269 e. The maximum atomic E-state index is 12.2. The van der Waals surface area contributed by atoms with E-state index in [2.05, 4.69) is 20.3 Å². The van der Waals surface area contributed by atoms with Crippen molar-refractivity contribution in [1.82, 2.24) is 24.6 Å². The summed E-state index contributed by atoms with van der Waals surface area (Å²) in [6, 6.07) is 1.95. The number of nitrogens with one attached hydrogen (secondary N) is 1. The molecule has 21 heavy (non-hydrogen) atoms. The van der Waals surface area contributed by atoms with E-state index in [1.165, 1.54) is 0 Å². The lowest BCUT2D eigenvalue weighted by Crippen LogP contribution is -2.45. The van der Waals surface area contributed by atoms with E-state index < -0.39 is 0 Å². The summed E-state index contributed by atoms with van der Waals surface area (Å²) in [5.41, 5.74) is 0.599. The number of aryl methyl sites for hydroxylation is 2. The molecule has 0 bridgehead atoms. The lowest BCUT2D eigenvalue weighted by molar-refractivity contribution is 0.0921. The molecule has 2 aromatic heterocycles. The Labute approximate surface area is 123 Å². The topological polar surface area (TPSA) is 68.0 Å². The largest absolute Gasteiger partial charge is 0.348 e. The number of amides is 1. The zero-order chi connectivity index (χ0) is 14.8. The second-order valence-corrected chi connectivity index (χ2v) is 5.41. The van der Waals surface area contributed by atoms with Gasteiger partial charge in [-0.05, 0) is 18.9 Å². The summed E-state index contributed by atoms with van der Waals surface area (Å²) in [7, 11) is 3.77. The van der Waals surface area contributed by atoms with Gasteiger partial charge in [-0.3, -0.25) is 9.48 Å². The van der Waals surface area contributed by atoms with Crippen molar-refractivity contribution in [2.24, 2.45) is 14.1 Å². The van der Waals surface area contributed by atoms with Gasteiger partial charge in [-0.25, -0.2) is 4.98 Å². The average molecular weight is 288 g/mol. The molecular formula is C14H20N6O. The fraction of sp³-hybridized carbons (Fsp3) is 0.500. The fourth-order valence-electron chi connectivity index (χ4n) is 2.74. The van der Waals surface area contributed by atoms with E-state index in [9.17, 15) is 4.79 Å². The van der Waals surface area contributed by atoms with Crippen LogP contribution in [0.3, 0.4) is 0 Å². The number of hydrogen-bond acceptors (Lipinski definition) is 4. The predicted octanol–water partition coefficient (Wildman–Crippen LogP) is 0.552. The standard InChI is InChI=1S/C14H20N6O/c1-18-10-7-15-14(18)20-8-4-11(5-9-20)17-13(21)12-3-6-16-19(12)2/h3,6-7,10-11H,4-5,8-9H2,1-2H3,(H,17,21). The van der Waals surface area contributed by atoms with Gasteiger partial charge in [0.1, 0.15) is 5.69 Å². The van der Waals surface area contributed by atoms with Crippen LogP contribution in [0.15, 0.2) is 24.7 Å². The van der Waals surface area contributed by atoms with Crippen LogP contribution < -0.4 is 10.2 Å². The Morgan fingerprint density at radius 1 is 1.29 bits per heavy atom. The maximum absolute atomic E-state index is 12.2. The molecule has 1 aliphatic rings. The molecule has 0 aromatic carbocycles. The van der Waals surface area contributed by atoms with Crippen LogP contribution in [-0.4, -0.2) is 44.4 Å². The van der Waals surface area contributed by atoms with Gasteiger partial charge in [-0.15, -0.1) is 0 Å². The zero-order valence-corrected chi connectivity index (χ0v) is 12.4. The number of rotatable bonds is 3. The van der Waals surface area contributed by atoms with Crippen LogP contribution in [0.2, 0.25) is 0 Å². The van der Waals surface area contributed by atoms with Gasteiger partial charge in [0, 0.05) is 51.8 Å². The summed E-state index contributed by atoms with van der Waals surface area (Å²) in [5, 5.41) is 7.11. The Balaban J connectivity index is 1.56. The fourth-order valence-corrected chi connectivity index (χ4v) is 2.74. The molecule has 0 unspecified atom stereocenters. The van der Waals surface area contributed by atoms with E-state index in [1.54, 1.807) is 24.0 Å². The van der Waals surface area contributed by atoms with Crippen molar-refractivity contribution < 1.29 is 4.79 Å². The van der Waals surface area contributed by atoms with Crippen molar-refractivity contribution in [3.8, 4) is 0 Å². The van der Waals surface area contributed by atoms with Crippen LogP contribution in [-0.2, 0) is 14.1 Å². The maximum Gasteiger partial charge on any atom is 0.269 e. The Kier molecular flexibility index (Phi) is 3.64. The van der Waals surface area contributed by atoms with Gasteiger partial charge in [0.15, 0.2) is 0 Å². The lowest BCUT2D eigenvalue weighted by Gasteiger charge is -2.32. The Morgan fingerprint density at radius 2 is 2.05 bits per heavy atom. The molecule has 1 fully saturated rings. The number of carbonyl (C=O) groups is 1. The molecule has 7 nitrogen and oxygen atoms in total. The van der Waals surface area contributed by atoms with E-state index in [4.69, 9.17) is 0 Å². The number of carbonyl (C=O) groups excluding carboxylic acids is 1. The van der Waals surface area contributed by atoms with E-state index in [0.29, 0.717) is 5.69 Å². The van der Waals surface area contributed by atoms with Gasteiger partial charge in [-0.1, -0.05) is 0 Å². The van der Waals surface area contributed by atoms with Crippen molar-refractivity contribution in [3.05, 3.63) is 30.4 Å². The quantitative estimate of drug-likeness (QED) is 0.896. The monoisotopic (exact) mass is 288 g/mol. The summed E-state index contributed by atoms with van der Waals surface area (Å²) in [5.74, 6) is 0.942. The molecule has 1 N–H and O–H groups in total. The number of anilines is 1. The molecule has 1 aliphatic heterocycles. The first-order valence-corrected chi connectivity index (χ1v) is 7.16. The van der Waals surface area contributed by atoms with Gasteiger partial charge < -0.3 is 14.8 Å². The first-order chi connectivity index (χ1) is 10.1. The molecule has 0 saturated carbocycles. The Bertz CT molecular complexity index is 623. The van der Waals surface area contributed by atoms with Crippen molar-refractivity contribution in [2.75, 3.05) is 18.0 Å². The number of nitrogens with zero attached hydrogens (tertiary/aromatic N) is 5. The molecule has 1 saturated heterocycles. The van der Waals surface area contributed by atoms with E-state index >= 15 is 0 Å². The Hall–Kier alpha value is -2.31. The van der Waals surface area contributed by atoms with Crippen LogP contribution >= 0.6 is 0 Å². The minimum Gasteiger partial charge on any atom is -0.348 e. The molecule has 2 aromatic rings. The van der Waals surface area contributed by atoms with Crippen LogP contribution in [0.25, 0.3) is 0 Å². The molecule has 1 amide bonds. The first kappa shape index (κ1) is 13.7. The van der Waals surface area contributed by atoms with Crippen LogP contribution in [0.5, 0.6) is 0 Å². The second kappa shape index (κ2) is 5.59. The van der Waals surface area contributed by atoms with Gasteiger partial charge >= 0.3 is 0 Å². The summed E-state index contributed by atoms with van der Waals surface area (Å²) in [6.07, 6.45) is 7.25. The minimum atomic E-state index is -0.0505. The molecule has 0 radical (unpaired) electrons. The molecule has 7 heteroatoms. The Morgan fingerprint density at radius 3 is 2.62 bits per heavy atom. The minimum absolute atomic E-state index is 0.0505. The van der Waals surface area contributed by atoms with Gasteiger partial charge in [-0.2, -0.15) is 5.10 Å². The summed E-state index contributed by atoms with van der Waals surface area (Å²) >= 11 is 0. The zero-order valence-electron chi connectivity index (χ0n) is 12.4. The third-order valence-electron chi connectivity index (χ3n) is 3.96. The van der Waals surface area contributed by atoms with Crippen molar-refractivity contribution >= 4 is 11.9 Å². The normalized spacial score (nSPS) is 16.2. The number of imidazole rings is 1. The average Bonchev–Trinajstić information content (AvgIpc) is 3.08. The van der Waals surface area contributed by atoms with E-state index in [0.717, 1.165) is 31.9 Å². The number of aromatic nitrogens is 4. The number of hydrogen-bond donors (Lipinski definition) is 1. The highest BCUT2D eigenvalue weighted by atomic mass is 16.2. The van der Waals surface area contributed by atoms with Crippen LogP contribution in [0, 0.1) is 0 Å².